The number of halogens is 3. The van der Waals surface area contributed by atoms with Crippen molar-refractivity contribution in [3.05, 3.63) is 103 Å². The Balaban J connectivity index is 1.54. The van der Waals surface area contributed by atoms with Gasteiger partial charge in [-0.1, -0.05) is 42.5 Å². The molecular formula is C24H14Br3NO4. The molecule has 0 amide bonds. The first-order valence-corrected chi connectivity index (χ1v) is 11.8. The zero-order chi connectivity index (χ0) is 22.7. The van der Waals surface area contributed by atoms with Crippen LogP contribution in [0.5, 0.6) is 5.75 Å². The van der Waals surface area contributed by atoms with Gasteiger partial charge >= 0.3 is 5.97 Å². The molecule has 0 unspecified atom stereocenters. The molecule has 0 aromatic heterocycles. The molecule has 1 heterocycles. The predicted octanol–water partition coefficient (Wildman–Crippen LogP) is 6.58. The third-order valence-corrected chi connectivity index (χ3v) is 6.36. The Morgan fingerprint density at radius 3 is 2.28 bits per heavy atom. The fraction of sp³-hybridized carbons (Fsp3) is 0.0417. The SMILES string of the molecule is O=C1OC(c2ccccc2Br)=N/C1=C\c1cc(Br)c(OCC(=O)c2ccccc2)c(Br)c1. The van der Waals surface area contributed by atoms with E-state index < -0.39 is 5.97 Å². The maximum atomic E-state index is 12.3. The Kier molecular flexibility index (Phi) is 7.03. The molecule has 32 heavy (non-hydrogen) atoms. The second-order valence-electron chi connectivity index (χ2n) is 6.71. The summed E-state index contributed by atoms with van der Waals surface area (Å²) in [5.41, 5.74) is 2.16. The maximum Gasteiger partial charge on any atom is 0.363 e. The van der Waals surface area contributed by atoms with Gasteiger partial charge in [-0.05, 0) is 83.7 Å². The Hall–Kier alpha value is -2.55. The number of hydrogen-bond acceptors (Lipinski definition) is 5. The standard InChI is InChI=1S/C24H14Br3NO4/c25-17-9-5-4-8-16(17)23-28-20(24(30)32-23)12-14-10-18(26)22(19(27)11-14)31-13-21(29)15-6-2-1-3-7-15/h1-12H,13H2/b20-12-. The van der Waals surface area contributed by atoms with Crippen molar-refractivity contribution in [2.24, 2.45) is 4.99 Å². The molecule has 0 atom stereocenters. The molecule has 8 heteroatoms. The second-order valence-corrected chi connectivity index (χ2v) is 9.27. The molecular weight excluding hydrogens is 606 g/mol. The molecule has 0 saturated heterocycles. The van der Waals surface area contributed by atoms with Gasteiger partial charge < -0.3 is 9.47 Å². The lowest BCUT2D eigenvalue weighted by Gasteiger charge is -2.11. The number of nitrogens with zero attached hydrogens (tertiary/aromatic N) is 1. The first-order chi connectivity index (χ1) is 15.4. The van der Waals surface area contributed by atoms with Gasteiger partial charge in [-0.15, -0.1) is 0 Å². The third kappa shape index (κ3) is 5.09. The molecule has 1 aliphatic rings. The number of Topliss-reactive ketones (excluding diaryl/α,β-unsaturated/α-hetero) is 1. The number of carbonyl (C=O) groups excluding carboxylic acids is 2. The smallest absolute Gasteiger partial charge is 0.363 e. The molecule has 3 aromatic carbocycles. The molecule has 0 fully saturated rings. The number of rotatable bonds is 6. The molecule has 0 N–H and O–H groups in total. The molecule has 0 radical (unpaired) electrons. The first-order valence-electron chi connectivity index (χ1n) is 9.40. The van der Waals surface area contributed by atoms with Crippen molar-refractivity contribution in [1.29, 1.82) is 0 Å². The number of ether oxygens (including phenoxy) is 2. The van der Waals surface area contributed by atoms with Crippen LogP contribution >= 0.6 is 47.8 Å². The van der Waals surface area contributed by atoms with Gasteiger partial charge in [-0.25, -0.2) is 9.79 Å². The van der Waals surface area contributed by atoms with E-state index in [1.165, 1.54) is 0 Å². The fourth-order valence-corrected chi connectivity index (χ4v) is 4.87. The van der Waals surface area contributed by atoms with Crippen LogP contribution in [0.3, 0.4) is 0 Å². The molecule has 0 bridgehead atoms. The van der Waals surface area contributed by atoms with Crippen molar-refractivity contribution in [2.75, 3.05) is 6.61 Å². The summed E-state index contributed by atoms with van der Waals surface area (Å²) in [7, 11) is 0. The van der Waals surface area contributed by atoms with E-state index in [0.717, 1.165) is 4.47 Å². The average Bonchev–Trinajstić information content (AvgIpc) is 3.13. The molecule has 0 spiro atoms. The third-order valence-electron chi connectivity index (χ3n) is 4.49. The number of aliphatic imine (C=N–C) groups is 1. The minimum atomic E-state index is -0.531. The molecule has 3 aromatic rings. The van der Waals surface area contributed by atoms with E-state index in [1.54, 1.807) is 42.5 Å². The molecule has 5 nitrogen and oxygen atoms in total. The van der Waals surface area contributed by atoms with Crippen LogP contribution in [0, 0.1) is 0 Å². The summed E-state index contributed by atoms with van der Waals surface area (Å²) in [6.45, 7) is -0.104. The lowest BCUT2D eigenvalue weighted by atomic mass is 10.1. The van der Waals surface area contributed by atoms with E-state index in [4.69, 9.17) is 9.47 Å². The van der Waals surface area contributed by atoms with Gasteiger partial charge in [-0.3, -0.25) is 4.79 Å². The number of esters is 1. The van der Waals surface area contributed by atoms with Crippen molar-refractivity contribution in [3.8, 4) is 5.75 Å². The molecule has 1 aliphatic heterocycles. The lowest BCUT2D eigenvalue weighted by molar-refractivity contribution is -0.129. The van der Waals surface area contributed by atoms with Crippen LogP contribution in [0.15, 0.2) is 90.8 Å². The average molecular weight is 620 g/mol. The van der Waals surface area contributed by atoms with Crippen LogP contribution in [-0.2, 0) is 9.53 Å². The van der Waals surface area contributed by atoms with Crippen molar-refractivity contribution in [1.82, 2.24) is 0 Å². The molecule has 0 saturated carbocycles. The Bertz CT molecular complexity index is 1250. The van der Waals surface area contributed by atoms with Crippen LogP contribution < -0.4 is 4.74 Å². The van der Waals surface area contributed by atoms with Gasteiger partial charge in [0, 0.05) is 10.0 Å². The summed E-state index contributed by atoms with van der Waals surface area (Å²) in [5.74, 6) is 0.0732. The van der Waals surface area contributed by atoms with E-state index in [2.05, 4.69) is 52.8 Å². The first kappa shape index (κ1) is 22.6. The quantitative estimate of drug-likeness (QED) is 0.178. The zero-order valence-electron chi connectivity index (χ0n) is 16.3. The summed E-state index contributed by atoms with van der Waals surface area (Å²) in [4.78, 5) is 29.0. The van der Waals surface area contributed by atoms with Crippen LogP contribution in [0.25, 0.3) is 6.08 Å². The number of ketones is 1. The molecule has 0 aliphatic carbocycles. The van der Waals surface area contributed by atoms with Gasteiger partial charge in [0.05, 0.1) is 14.5 Å². The maximum absolute atomic E-state index is 12.3. The van der Waals surface area contributed by atoms with E-state index in [-0.39, 0.29) is 24.0 Å². The van der Waals surface area contributed by atoms with Crippen molar-refractivity contribution in [3.63, 3.8) is 0 Å². The van der Waals surface area contributed by atoms with E-state index in [1.807, 2.05) is 30.3 Å². The minimum Gasteiger partial charge on any atom is -0.483 e. The minimum absolute atomic E-state index is 0.104. The van der Waals surface area contributed by atoms with Gasteiger partial charge in [0.15, 0.2) is 18.1 Å². The Morgan fingerprint density at radius 1 is 0.938 bits per heavy atom. The lowest BCUT2D eigenvalue weighted by Crippen LogP contribution is -2.12. The predicted molar refractivity (Wildman–Crippen MR) is 133 cm³/mol. The van der Waals surface area contributed by atoms with Crippen molar-refractivity contribution < 1.29 is 19.1 Å². The Morgan fingerprint density at radius 2 is 1.59 bits per heavy atom. The summed E-state index contributed by atoms with van der Waals surface area (Å²) in [6, 6.07) is 19.9. The van der Waals surface area contributed by atoms with Crippen molar-refractivity contribution >= 4 is 71.5 Å². The summed E-state index contributed by atoms with van der Waals surface area (Å²) >= 11 is 10.4. The van der Waals surface area contributed by atoms with Crippen LogP contribution in [0.2, 0.25) is 0 Å². The fourth-order valence-electron chi connectivity index (χ4n) is 2.96. The highest BCUT2D eigenvalue weighted by Gasteiger charge is 2.25. The van der Waals surface area contributed by atoms with Crippen LogP contribution in [0.4, 0.5) is 0 Å². The Labute approximate surface area is 209 Å². The monoisotopic (exact) mass is 617 g/mol. The highest BCUT2D eigenvalue weighted by molar-refractivity contribution is 9.11. The normalized spacial score (nSPS) is 14.3. The van der Waals surface area contributed by atoms with Gasteiger partial charge in [-0.2, -0.15) is 0 Å². The number of benzene rings is 3. The largest absolute Gasteiger partial charge is 0.483 e. The van der Waals surface area contributed by atoms with Gasteiger partial charge in [0.25, 0.3) is 0 Å². The summed E-state index contributed by atoms with van der Waals surface area (Å²) in [5, 5.41) is 0. The van der Waals surface area contributed by atoms with Crippen molar-refractivity contribution in [2.45, 2.75) is 0 Å². The highest BCUT2D eigenvalue weighted by Crippen LogP contribution is 2.36. The number of carbonyl (C=O) groups is 2. The highest BCUT2D eigenvalue weighted by atomic mass is 79.9. The number of cyclic esters (lactones) is 1. The summed E-state index contributed by atoms with van der Waals surface area (Å²) in [6.07, 6.45) is 1.63. The van der Waals surface area contributed by atoms with E-state index in [9.17, 15) is 9.59 Å². The van der Waals surface area contributed by atoms with Crippen LogP contribution in [0.1, 0.15) is 21.5 Å². The van der Waals surface area contributed by atoms with E-state index in [0.29, 0.717) is 31.4 Å². The second kappa shape index (κ2) is 9.94. The molecule has 160 valence electrons. The van der Waals surface area contributed by atoms with Gasteiger partial charge in [0.2, 0.25) is 5.90 Å². The molecule has 4 rings (SSSR count). The van der Waals surface area contributed by atoms with Crippen LogP contribution in [-0.4, -0.2) is 24.3 Å². The van der Waals surface area contributed by atoms with E-state index >= 15 is 0 Å². The topological polar surface area (TPSA) is 65.0 Å². The van der Waals surface area contributed by atoms with Gasteiger partial charge in [0.1, 0.15) is 5.75 Å². The number of hydrogen-bond donors (Lipinski definition) is 0. The zero-order valence-corrected chi connectivity index (χ0v) is 21.1. The summed E-state index contributed by atoms with van der Waals surface area (Å²) < 4.78 is 13.1.